The molecule has 1 saturated carbocycles. The molecule has 0 bridgehead atoms. The van der Waals surface area contributed by atoms with Crippen molar-refractivity contribution in [3.05, 3.63) is 18.2 Å². The number of aromatic nitrogens is 2. The quantitative estimate of drug-likeness (QED) is 0.835. The Morgan fingerprint density at radius 3 is 3.00 bits per heavy atom. The summed E-state index contributed by atoms with van der Waals surface area (Å²) in [6.45, 7) is 6.68. The van der Waals surface area contributed by atoms with Crippen LogP contribution in [0.25, 0.3) is 0 Å². The van der Waals surface area contributed by atoms with Gasteiger partial charge in [-0.05, 0) is 24.7 Å². The summed E-state index contributed by atoms with van der Waals surface area (Å²) in [5.74, 6) is 1.08. The second kappa shape index (κ2) is 4.21. The summed E-state index contributed by atoms with van der Waals surface area (Å²) in [6.07, 6.45) is 7.61. The highest BCUT2D eigenvalue weighted by atomic mass is 16.3. The summed E-state index contributed by atoms with van der Waals surface area (Å²) in [5, 5.41) is 10.1. The Morgan fingerprint density at radius 2 is 2.31 bits per heavy atom. The number of hydrogen-bond acceptors (Lipinski definition) is 2. The fraction of sp³-hybridized carbons (Fsp3) is 0.769. The molecule has 3 heteroatoms. The Balaban J connectivity index is 2.24. The van der Waals surface area contributed by atoms with Crippen LogP contribution in [0, 0.1) is 5.41 Å². The van der Waals surface area contributed by atoms with Crippen LogP contribution in [0.2, 0.25) is 0 Å². The lowest BCUT2D eigenvalue weighted by Crippen LogP contribution is -2.35. The van der Waals surface area contributed by atoms with Crippen LogP contribution < -0.4 is 0 Å². The molecule has 2 unspecified atom stereocenters. The lowest BCUT2D eigenvalue weighted by atomic mass is 9.74. The molecule has 1 aromatic rings. The largest absolute Gasteiger partial charge is 0.391 e. The minimum Gasteiger partial charge on any atom is -0.391 e. The maximum absolute atomic E-state index is 10.1. The number of imidazole rings is 1. The van der Waals surface area contributed by atoms with Crippen molar-refractivity contribution >= 4 is 0 Å². The maximum Gasteiger partial charge on any atom is 0.108 e. The second-order valence-corrected chi connectivity index (χ2v) is 5.65. The fourth-order valence-electron chi connectivity index (χ4n) is 2.74. The molecule has 1 fully saturated rings. The van der Waals surface area contributed by atoms with Gasteiger partial charge in [-0.2, -0.15) is 0 Å². The van der Waals surface area contributed by atoms with Crippen LogP contribution in [0.4, 0.5) is 0 Å². The fourth-order valence-corrected chi connectivity index (χ4v) is 2.74. The van der Waals surface area contributed by atoms with E-state index in [-0.39, 0.29) is 12.1 Å². The van der Waals surface area contributed by atoms with Gasteiger partial charge >= 0.3 is 0 Å². The smallest absolute Gasteiger partial charge is 0.108 e. The van der Waals surface area contributed by atoms with E-state index in [2.05, 4.69) is 30.3 Å². The van der Waals surface area contributed by atoms with Crippen molar-refractivity contribution in [1.82, 2.24) is 9.55 Å². The lowest BCUT2D eigenvalue weighted by molar-refractivity contribution is 0.0268. The van der Waals surface area contributed by atoms with E-state index in [4.69, 9.17) is 0 Å². The van der Waals surface area contributed by atoms with Gasteiger partial charge in [0.15, 0.2) is 0 Å². The van der Waals surface area contributed by atoms with Gasteiger partial charge in [-0.3, -0.25) is 0 Å². The van der Waals surface area contributed by atoms with Gasteiger partial charge in [0.05, 0.1) is 12.1 Å². The Kier molecular flexibility index (Phi) is 3.06. The van der Waals surface area contributed by atoms with E-state index >= 15 is 0 Å². The molecule has 0 aliphatic heterocycles. The molecule has 0 amide bonds. The SMILES string of the molecule is CCc1nccn1C1CC(C)(C)CCC1O. The first-order chi connectivity index (χ1) is 7.53. The predicted octanol–water partition coefficient (Wildman–Crippen LogP) is 2.56. The minimum absolute atomic E-state index is 0.209. The predicted molar refractivity (Wildman–Crippen MR) is 64.3 cm³/mol. The van der Waals surface area contributed by atoms with Crippen molar-refractivity contribution in [3.63, 3.8) is 0 Å². The number of aliphatic hydroxyl groups excluding tert-OH is 1. The van der Waals surface area contributed by atoms with Crippen molar-refractivity contribution < 1.29 is 5.11 Å². The first-order valence-corrected chi connectivity index (χ1v) is 6.23. The topological polar surface area (TPSA) is 38.0 Å². The van der Waals surface area contributed by atoms with Gasteiger partial charge in [0.1, 0.15) is 5.82 Å². The van der Waals surface area contributed by atoms with Gasteiger partial charge in [-0.25, -0.2) is 4.98 Å². The number of hydrogen-bond donors (Lipinski definition) is 1. The van der Waals surface area contributed by atoms with Crippen LogP contribution in [-0.2, 0) is 6.42 Å². The number of nitrogens with zero attached hydrogens (tertiary/aromatic N) is 2. The summed E-state index contributed by atoms with van der Waals surface area (Å²) in [7, 11) is 0. The van der Waals surface area contributed by atoms with Gasteiger partial charge < -0.3 is 9.67 Å². The van der Waals surface area contributed by atoms with Crippen LogP contribution in [0.1, 0.15) is 51.9 Å². The molecule has 1 aliphatic carbocycles. The Hall–Kier alpha value is -0.830. The zero-order valence-corrected chi connectivity index (χ0v) is 10.5. The first-order valence-electron chi connectivity index (χ1n) is 6.23. The standard InChI is InChI=1S/C13H22N2O/c1-4-12-14-7-8-15(12)10-9-13(2,3)6-5-11(10)16/h7-8,10-11,16H,4-6,9H2,1-3H3. The first kappa shape index (κ1) is 11.6. The van der Waals surface area contributed by atoms with Crippen LogP contribution in [0.15, 0.2) is 12.4 Å². The molecule has 1 heterocycles. The van der Waals surface area contributed by atoms with E-state index < -0.39 is 0 Å². The molecule has 3 nitrogen and oxygen atoms in total. The summed E-state index contributed by atoms with van der Waals surface area (Å²) in [5.41, 5.74) is 0.333. The third kappa shape index (κ3) is 2.14. The van der Waals surface area contributed by atoms with Crippen LogP contribution in [0.3, 0.4) is 0 Å². The average molecular weight is 222 g/mol. The highest BCUT2D eigenvalue weighted by molar-refractivity contribution is 4.99. The van der Waals surface area contributed by atoms with Crippen molar-refractivity contribution in [2.24, 2.45) is 5.41 Å². The molecule has 1 N–H and O–H groups in total. The zero-order chi connectivity index (χ0) is 11.8. The highest BCUT2D eigenvalue weighted by Crippen LogP contribution is 2.41. The van der Waals surface area contributed by atoms with E-state index in [9.17, 15) is 5.11 Å². The molecule has 2 rings (SSSR count). The van der Waals surface area contributed by atoms with Gasteiger partial charge in [0, 0.05) is 18.8 Å². The molecule has 0 radical (unpaired) electrons. The molecule has 1 aliphatic rings. The Morgan fingerprint density at radius 1 is 1.56 bits per heavy atom. The molecule has 2 atom stereocenters. The molecule has 90 valence electrons. The molecular formula is C13H22N2O. The molecule has 0 spiro atoms. The van der Waals surface area contributed by atoms with Gasteiger partial charge in [-0.1, -0.05) is 20.8 Å². The van der Waals surface area contributed by atoms with E-state index in [0.29, 0.717) is 5.41 Å². The van der Waals surface area contributed by atoms with Gasteiger partial charge in [0.25, 0.3) is 0 Å². The molecular weight excluding hydrogens is 200 g/mol. The second-order valence-electron chi connectivity index (χ2n) is 5.65. The lowest BCUT2D eigenvalue weighted by Gasteiger charge is -2.39. The Labute approximate surface area is 97.5 Å². The highest BCUT2D eigenvalue weighted by Gasteiger charge is 2.35. The number of rotatable bonds is 2. The van der Waals surface area contributed by atoms with Crippen molar-refractivity contribution in [1.29, 1.82) is 0 Å². The van der Waals surface area contributed by atoms with Crippen LogP contribution >= 0.6 is 0 Å². The number of aliphatic hydroxyl groups is 1. The van der Waals surface area contributed by atoms with E-state index in [1.165, 1.54) is 0 Å². The van der Waals surface area contributed by atoms with E-state index in [1.807, 2.05) is 12.4 Å². The molecule has 1 aromatic heterocycles. The maximum atomic E-state index is 10.1. The van der Waals surface area contributed by atoms with Gasteiger partial charge in [0.2, 0.25) is 0 Å². The summed E-state index contributed by atoms with van der Waals surface area (Å²) in [4.78, 5) is 4.34. The average Bonchev–Trinajstić information content (AvgIpc) is 2.69. The zero-order valence-electron chi connectivity index (χ0n) is 10.5. The van der Waals surface area contributed by atoms with E-state index in [1.54, 1.807) is 0 Å². The summed E-state index contributed by atoms with van der Waals surface area (Å²) >= 11 is 0. The normalized spacial score (nSPS) is 29.2. The number of aryl methyl sites for hydroxylation is 1. The van der Waals surface area contributed by atoms with Crippen molar-refractivity contribution in [3.8, 4) is 0 Å². The molecule has 16 heavy (non-hydrogen) atoms. The van der Waals surface area contributed by atoms with E-state index in [0.717, 1.165) is 31.5 Å². The summed E-state index contributed by atoms with van der Waals surface area (Å²) in [6, 6.07) is 0.209. The van der Waals surface area contributed by atoms with Crippen molar-refractivity contribution in [2.45, 2.75) is 58.6 Å². The summed E-state index contributed by atoms with van der Waals surface area (Å²) < 4.78 is 2.17. The molecule has 0 saturated heterocycles. The van der Waals surface area contributed by atoms with Gasteiger partial charge in [-0.15, -0.1) is 0 Å². The van der Waals surface area contributed by atoms with Crippen LogP contribution in [0.5, 0.6) is 0 Å². The van der Waals surface area contributed by atoms with Crippen molar-refractivity contribution in [2.75, 3.05) is 0 Å². The third-order valence-electron chi connectivity index (χ3n) is 3.75. The Bertz CT molecular complexity index is 357. The minimum atomic E-state index is -0.215. The van der Waals surface area contributed by atoms with Crippen LogP contribution in [-0.4, -0.2) is 20.8 Å². The monoisotopic (exact) mass is 222 g/mol. The third-order valence-corrected chi connectivity index (χ3v) is 3.75. The molecule has 0 aromatic carbocycles.